The van der Waals surface area contributed by atoms with Crippen LogP contribution in [0.5, 0.6) is 0 Å². The number of methoxy groups -OCH3 is 1. The van der Waals surface area contributed by atoms with Gasteiger partial charge in [-0.25, -0.2) is 9.48 Å². The summed E-state index contributed by atoms with van der Waals surface area (Å²) in [5.74, 6) is -0.472. The molecule has 6 nitrogen and oxygen atoms in total. The molecule has 0 radical (unpaired) electrons. The number of aromatic nitrogens is 2. The number of nitrogens with zero attached hydrogens (tertiary/aromatic N) is 2. The third-order valence-electron chi connectivity index (χ3n) is 6.28. The van der Waals surface area contributed by atoms with Crippen LogP contribution in [0.4, 0.5) is 0 Å². The predicted octanol–water partition coefficient (Wildman–Crippen LogP) is 5.15. The smallest absolute Gasteiger partial charge is 0.340 e. The van der Waals surface area contributed by atoms with E-state index in [1.165, 1.54) is 45.6 Å². The molecule has 4 rings (SSSR count). The van der Waals surface area contributed by atoms with Crippen LogP contribution in [0.3, 0.4) is 0 Å². The second kappa shape index (κ2) is 10.4. The molecule has 2 aromatic rings. The zero-order valence-corrected chi connectivity index (χ0v) is 19.0. The Morgan fingerprint density at radius 3 is 2.39 bits per heavy atom. The highest BCUT2D eigenvalue weighted by atomic mass is 32.2. The van der Waals surface area contributed by atoms with Crippen LogP contribution in [-0.4, -0.2) is 40.1 Å². The minimum absolute atomic E-state index is 0.0630. The lowest BCUT2D eigenvalue weighted by atomic mass is 9.95. The largest absolute Gasteiger partial charge is 0.465 e. The molecule has 2 fully saturated rings. The number of thioether (sulfide) groups is 1. The normalized spacial score (nSPS) is 18.0. The van der Waals surface area contributed by atoms with E-state index in [-0.39, 0.29) is 11.9 Å². The summed E-state index contributed by atoms with van der Waals surface area (Å²) in [7, 11) is 1.38. The number of hydrogen-bond acceptors (Lipinski definition) is 5. The molecular formula is C24H31N3O3S. The van der Waals surface area contributed by atoms with Crippen molar-refractivity contribution >= 4 is 23.6 Å². The Kier molecular flexibility index (Phi) is 7.33. The second-order valence-corrected chi connectivity index (χ2v) is 9.76. The van der Waals surface area contributed by atoms with Gasteiger partial charge in [0, 0.05) is 11.3 Å². The van der Waals surface area contributed by atoms with Crippen molar-refractivity contribution in [2.75, 3.05) is 7.11 Å². The number of nitrogens with one attached hydrogen (secondary N) is 1. The van der Waals surface area contributed by atoms with Crippen molar-refractivity contribution in [3.63, 3.8) is 0 Å². The minimum Gasteiger partial charge on any atom is -0.465 e. The third kappa shape index (κ3) is 5.14. The number of ether oxygens (including phenoxy) is 1. The molecule has 0 aliphatic heterocycles. The van der Waals surface area contributed by atoms with Crippen molar-refractivity contribution in [1.29, 1.82) is 0 Å². The van der Waals surface area contributed by atoms with Crippen LogP contribution in [0.1, 0.15) is 84.9 Å². The molecule has 1 heterocycles. The van der Waals surface area contributed by atoms with Gasteiger partial charge in [-0.3, -0.25) is 4.79 Å². The van der Waals surface area contributed by atoms with Crippen LogP contribution < -0.4 is 5.32 Å². The molecule has 2 saturated carbocycles. The highest BCUT2D eigenvalue weighted by Gasteiger charge is 2.27. The predicted molar refractivity (Wildman–Crippen MR) is 122 cm³/mol. The molecule has 0 spiro atoms. The highest BCUT2D eigenvalue weighted by molar-refractivity contribution is 8.00. The number of esters is 1. The van der Waals surface area contributed by atoms with E-state index in [1.54, 1.807) is 28.7 Å². The third-order valence-corrected chi connectivity index (χ3v) is 7.70. The Hall–Kier alpha value is -2.28. The molecule has 1 N–H and O–H groups in total. The molecule has 7 heteroatoms. The second-order valence-electron chi connectivity index (χ2n) is 8.47. The van der Waals surface area contributed by atoms with Gasteiger partial charge in [-0.15, -0.1) is 11.8 Å². The van der Waals surface area contributed by atoms with Crippen LogP contribution in [0.15, 0.2) is 35.5 Å². The molecule has 1 aromatic carbocycles. The maximum Gasteiger partial charge on any atom is 0.340 e. The van der Waals surface area contributed by atoms with Gasteiger partial charge in [0.25, 0.3) is 5.91 Å². The SMILES string of the molecule is COC(=O)c1ccccc1-n1ncc(C(=O)NC2CCCCC2)c1SC1CCCCC1. The Morgan fingerprint density at radius 2 is 1.68 bits per heavy atom. The van der Waals surface area contributed by atoms with Gasteiger partial charge in [-0.1, -0.05) is 50.7 Å². The van der Waals surface area contributed by atoms with E-state index in [0.29, 0.717) is 22.1 Å². The molecule has 0 atom stereocenters. The van der Waals surface area contributed by atoms with E-state index in [2.05, 4.69) is 10.4 Å². The molecular weight excluding hydrogens is 410 g/mol. The summed E-state index contributed by atoms with van der Waals surface area (Å²) in [6.07, 6.45) is 13.3. The van der Waals surface area contributed by atoms with Crippen molar-refractivity contribution < 1.29 is 14.3 Å². The lowest BCUT2D eigenvalue weighted by Gasteiger charge is -2.24. The monoisotopic (exact) mass is 441 g/mol. The van der Waals surface area contributed by atoms with E-state index < -0.39 is 5.97 Å². The fourth-order valence-corrected chi connectivity index (χ4v) is 5.97. The van der Waals surface area contributed by atoms with Gasteiger partial charge in [-0.05, 0) is 37.8 Å². The van der Waals surface area contributed by atoms with Crippen molar-refractivity contribution in [3.05, 3.63) is 41.6 Å². The van der Waals surface area contributed by atoms with Crippen molar-refractivity contribution in [1.82, 2.24) is 15.1 Å². The van der Waals surface area contributed by atoms with Crippen LogP contribution in [0.2, 0.25) is 0 Å². The van der Waals surface area contributed by atoms with Gasteiger partial charge >= 0.3 is 5.97 Å². The van der Waals surface area contributed by atoms with E-state index in [0.717, 1.165) is 30.7 Å². The zero-order chi connectivity index (χ0) is 21.6. The van der Waals surface area contributed by atoms with Crippen molar-refractivity contribution in [2.24, 2.45) is 0 Å². The maximum atomic E-state index is 13.2. The first-order valence-electron chi connectivity index (χ1n) is 11.4. The van der Waals surface area contributed by atoms with Gasteiger partial charge in [0.1, 0.15) is 5.03 Å². The summed E-state index contributed by atoms with van der Waals surface area (Å²) in [6, 6.07) is 7.51. The Balaban J connectivity index is 1.68. The molecule has 1 aromatic heterocycles. The lowest BCUT2D eigenvalue weighted by molar-refractivity contribution is 0.0600. The summed E-state index contributed by atoms with van der Waals surface area (Å²) < 4.78 is 6.73. The van der Waals surface area contributed by atoms with E-state index in [4.69, 9.17) is 4.74 Å². The van der Waals surface area contributed by atoms with Gasteiger partial charge in [0.05, 0.1) is 30.1 Å². The molecule has 2 aliphatic carbocycles. The highest BCUT2D eigenvalue weighted by Crippen LogP contribution is 2.37. The summed E-state index contributed by atoms with van der Waals surface area (Å²) in [5.41, 5.74) is 1.68. The fraction of sp³-hybridized carbons (Fsp3) is 0.542. The number of benzene rings is 1. The molecule has 2 aliphatic rings. The first kappa shape index (κ1) is 21.9. The van der Waals surface area contributed by atoms with E-state index in [9.17, 15) is 9.59 Å². The Morgan fingerprint density at radius 1 is 1.00 bits per heavy atom. The van der Waals surface area contributed by atoms with Gasteiger partial charge in [-0.2, -0.15) is 5.10 Å². The number of hydrogen-bond donors (Lipinski definition) is 1. The minimum atomic E-state index is -0.409. The zero-order valence-electron chi connectivity index (χ0n) is 18.1. The van der Waals surface area contributed by atoms with Crippen LogP contribution in [-0.2, 0) is 4.74 Å². The molecule has 166 valence electrons. The van der Waals surface area contributed by atoms with E-state index in [1.807, 2.05) is 18.2 Å². The molecule has 0 saturated heterocycles. The van der Waals surface area contributed by atoms with Gasteiger partial charge in [0.2, 0.25) is 0 Å². The van der Waals surface area contributed by atoms with Crippen LogP contribution in [0.25, 0.3) is 5.69 Å². The summed E-state index contributed by atoms with van der Waals surface area (Å²) in [6.45, 7) is 0. The standard InChI is InChI=1S/C24H31N3O3S/c1-30-24(29)19-14-8-9-15-21(19)27-23(31-18-12-6-3-7-13-18)20(16-25-27)22(28)26-17-10-4-2-5-11-17/h8-9,14-18H,2-7,10-13H2,1H3,(H,26,28). The summed E-state index contributed by atoms with van der Waals surface area (Å²) >= 11 is 1.73. The quantitative estimate of drug-likeness (QED) is 0.628. The van der Waals surface area contributed by atoms with Crippen molar-refractivity contribution in [2.45, 2.75) is 80.5 Å². The average molecular weight is 442 g/mol. The topological polar surface area (TPSA) is 73.2 Å². The number of para-hydroxylation sites is 1. The first-order valence-corrected chi connectivity index (χ1v) is 12.3. The molecule has 0 bridgehead atoms. The molecule has 0 unspecified atom stereocenters. The van der Waals surface area contributed by atoms with Crippen LogP contribution >= 0.6 is 11.8 Å². The van der Waals surface area contributed by atoms with Crippen molar-refractivity contribution in [3.8, 4) is 5.69 Å². The van der Waals surface area contributed by atoms with E-state index >= 15 is 0 Å². The number of rotatable bonds is 6. The first-order chi connectivity index (χ1) is 15.2. The maximum absolute atomic E-state index is 13.2. The summed E-state index contributed by atoms with van der Waals surface area (Å²) in [5, 5.41) is 9.07. The lowest BCUT2D eigenvalue weighted by Crippen LogP contribution is -2.36. The Labute approximate surface area is 188 Å². The number of amides is 1. The van der Waals surface area contributed by atoms with Crippen LogP contribution in [0, 0.1) is 0 Å². The Bertz CT molecular complexity index is 915. The number of carbonyl (C=O) groups is 2. The van der Waals surface area contributed by atoms with Gasteiger partial charge in [0.15, 0.2) is 0 Å². The molecule has 31 heavy (non-hydrogen) atoms. The molecule has 1 amide bonds. The summed E-state index contributed by atoms with van der Waals surface area (Å²) in [4.78, 5) is 25.6. The number of carbonyl (C=O) groups excluding carboxylic acids is 2. The fourth-order valence-electron chi connectivity index (χ4n) is 4.57. The average Bonchev–Trinajstić information content (AvgIpc) is 3.23. The van der Waals surface area contributed by atoms with Gasteiger partial charge < -0.3 is 10.1 Å².